The van der Waals surface area contributed by atoms with Crippen LogP contribution < -0.4 is 4.74 Å². The van der Waals surface area contributed by atoms with Crippen LogP contribution in [0.4, 0.5) is 0 Å². The summed E-state index contributed by atoms with van der Waals surface area (Å²) >= 11 is 1.55. The zero-order valence-electron chi connectivity index (χ0n) is 18.5. The molecule has 1 aromatic heterocycles. The fourth-order valence-electron chi connectivity index (χ4n) is 4.72. The van der Waals surface area contributed by atoms with Crippen molar-refractivity contribution in [1.29, 1.82) is 0 Å². The summed E-state index contributed by atoms with van der Waals surface area (Å²) in [4.78, 5) is 31.3. The summed E-state index contributed by atoms with van der Waals surface area (Å²) < 4.78 is 16.0. The number of carbonyl (C=O) groups excluding carboxylic acids is 2. The minimum absolute atomic E-state index is 0.0118. The Morgan fingerprint density at radius 3 is 2.69 bits per heavy atom. The average Bonchev–Trinajstić information content (AvgIpc) is 3.32. The smallest absolute Gasteiger partial charge is 0.315 e. The molecule has 2 heterocycles. The highest BCUT2D eigenvalue weighted by Gasteiger charge is 2.45. The maximum absolute atomic E-state index is 13.5. The molecule has 1 aliphatic heterocycles. The Balaban J connectivity index is 1.72. The van der Waals surface area contributed by atoms with E-state index in [1.54, 1.807) is 25.6 Å². The number of thiophene rings is 1. The van der Waals surface area contributed by atoms with Gasteiger partial charge in [-0.05, 0) is 47.4 Å². The van der Waals surface area contributed by atoms with E-state index in [1.807, 2.05) is 48.0 Å². The molecule has 0 N–H and O–H groups in total. The number of rotatable bonds is 7. The first-order valence-corrected chi connectivity index (χ1v) is 11.6. The first-order valence-electron chi connectivity index (χ1n) is 10.7. The standard InChI is InChI=1S/C25H27NO5S/c1-15-22(25(28)31-10-9-29-2)23(16-8-11-32-14-16)24-19(26-15)12-17(13-20(24)27)18-6-4-5-7-21(18)30-3/h4-8,11,14,17,22-23H,9-10,12-13H2,1-3H3. The van der Waals surface area contributed by atoms with Gasteiger partial charge in [0.05, 0.1) is 13.7 Å². The summed E-state index contributed by atoms with van der Waals surface area (Å²) in [6.45, 7) is 2.35. The summed E-state index contributed by atoms with van der Waals surface area (Å²) in [5, 5.41) is 3.97. The number of Topliss-reactive ketones (excluding diaryl/α,β-unsaturated/α-hetero) is 1. The first kappa shape index (κ1) is 22.4. The molecule has 0 amide bonds. The topological polar surface area (TPSA) is 74.2 Å². The number of ether oxygens (including phenoxy) is 3. The Morgan fingerprint density at radius 1 is 1.16 bits per heavy atom. The molecule has 6 nitrogen and oxygen atoms in total. The van der Waals surface area contributed by atoms with Gasteiger partial charge in [0.25, 0.3) is 0 Å². The number of aliphatic imine (C=N–C) groups is 1. The van der Waals surface area contributed by atoms with Crippen LogP contribution in [0.2, 0.25) is 0 Å². The minimum atomic E-state index is -0.619. The number of carbonyl (C=O) groups is 2. The molecule has 32 heavy (non-hydrogen) atoms. The molecular formula is C25H27NO5S. The van der Waals surface area contributed by atoms with E-state index in [4.69, 9.17) is 19.2 Å². The highest BCUT2D eigenvalue weighted by Crippen LogP contribution is 2.48. The third-order valence-corrected chi connectivity index (χ3v) is 6.86. The number of benzene rings is 1. The normalized spacial score (nSPS) is 22.9. The fraction of sp³-hybridized carbons (Fsp3) is 0.400. The van der Waals surface area contributed by atoms with E-state index in [1.165, 1.54) is 0 Å². The largest absolute Gasteiger partial charge is 0.496 e. The Hall–Kier alpha value is -2.77. The second-order valence-corrected chi connectivity index (χ2v) is 8.84. The summed E-state index contributed by atoms with van der Waals surface area (Å²) in [5.74, 6) is -0.570. The number of ketones is 1. The maximum atomic E-state index is 13.5. The van der Waals surface area contributed by atoms with E-state index in [-0.39, 0.29) is 30.2 Å². The summed E-state index contributed by atoms with van der Waals surface area (Å²) in [7, 11) is 3.20. The SMILES string of the molecule is COCCOC(=O)C1C(C)=NC2=C(C(=O)CC(c3ccccc3OC)C2)C1c1ccsc1. The first-order chi connectivity index (χ1) is 15.5. The number of nitrogens with zero attached hydrogens (tertiary/aromatic N) is 1. The highest BCUT2D eigenvalue weighted by molar-refractivity contribution is 7.08. The predicted octanol–water partition coefficient (Wildman–Crippen LogP) is 4.52. The van der Waals surface area contributed by atoms with Crippen LogP contribution in [0.25, 0.3) is 0 Å². The molecular weight excluding hydrogens is 426 g/mol. The van der Waals surface area contributed by atoms with Crippen LogP contribution in [-0.2, 0) is 19.1 Å². The number of methoxy groups -OCH3 is 2. The monoisotopic (exact) mass is 453 g/mol. The number of hydrogen-bond donors (Lipinski definition) is 0. The van der Waals surface area contributed by atoms with Gasteiger partial charge in [0.15, 0.2) is 5.78 Å². The van der Waals surface area contributed by atoms with Gasteiger partial charge in [0.2, 0.25) is 0 Å². The molecule has 0 bridgehead atoms. The van der Waals surface area contributed by atoms with Crippen LogP contribution >= 0.6 is 11.3 Å². The lowest BCUT2D eigenvalue weighted by molar-refractivity contribution is -0.147. The lowest BCUT2D eigenvalue weighted by Gasteiger charge is -2.36. The van der Waals surface area contributed by atoms with Gasteiger partial charge in [0, 0.05) is 42.3 Å². The zero-order chi connectivity index (χ0) is 22.7. The second-order valence-electron chi connectivity index (χ2n) is 8.06. The Labute approximate surface area is 191 Å². The molecule has 168 valence electrons. The summed E-state index contributed by atoms with van der Waals surface area (Å²) in [6.07, 6.45) is 0.991. The van der Waals surface area contributed by atoms with Crippen molar-refractivity contribution in [3.63, 3.8) is 0 Å². The Bertz CT molecular complexity index is 1060. The predicted molar refractivity (Wildman–Crippen MR) is 123 cm³/mol. The van der Waals surface area contributed by atoms with Crippen LogP contribution in [-0.4, -0.2) is 44.9 Å². The molecule has 0 fully saturated rings. The third-order valence-electron chi connectivity index (χ3n) is 6.16. The number of para-hydroxylation sites is 1. The van der Waals surface area contributed by atoms with Gasteiger partial charge >= 0.3 is 5.97 Å². The van der Waals surface area contributed by atoms with Gasteiger partial charge < -0.3 is 14.2 Å². The third kappa shape index (κ3) is 4.27. The summed E-state index contributed by atoms with van der Waals surface area (Å²) in [5.41, 5.74) is 4.06. The van der Waals surface area contributed by atoms with Gasteiger partial charge in [0.1, 0.15) is 18.3 Å². The number of hydrogen-bond acceptors (Lipinski definition) is 7. The van der Waals surface area contributed by atoms with Crippen molar-refractivity contribution in [3.05, 3.63) is 63.5 Å². The molecule has 1 aromatic carbocycles. The van der Waals surface area contributed by atoms with E-state index >= 15 is 0 Å². The second kappa shape index (κ2) is 9.79. The minimum Gasteiger partial charge on any atom is -0.496 e. The van der Waals surface area contributed by atoms with E-state index in [9.17, 15) is 9.59 Å². The molecule has 0 radical (unpaired) electrons. The average molecular weight is 454 g/mol. The Morgan fingerprint density at radius 2 is 1.97 bits per heavy atom. The molecule has 0 spiro atoms. The van der Waals surface area contributed by atoms with Crippen LogP contribution in [0.3, 0.4) is 0 Å². The van der Waals surface area contributed by atoms with E-state index < -0.39 is 5.92 Å². The van der Waals surface area contributed by atoms with Crippen molar-refractivity contribution in [1.82, 2.24) is 0 Å². The van der Waals surface area contributed by atoms with Crippen molar-refractivity contribution in [2.75, 3.05) is 27.4 Å². The van der Waals surface area contributed by atoms with Gasteiger partial charge in [-0.15, -0.1) is 0 Å². The Kier molecular flexibility index (Phi) is 6.86. The van der Waals surface area contributed by atoms with Gasteiger partial charge in [-0.1, -0.05) is 18.2 Å². The maximum Gasteiger partial charge on any atom is 0.315 e. The van der Waals surface area contributed by atoms with Crippen LogP contribution in [0.15, 0.2) is 57.4 Å². The van der Waals surface area contributed by atoms with Crippen LogP contribution in [0.1, 0.15) is 42.7 Å². The van der Waals surface area contributed by atoms with Crippen molar-refractivity contribution in [2.24, 2.45) is 10.9 Å². The molecule has 0 saturated carbocycles. The van der Waals surface area contributed by atoms with Crippen LogP contribution in [0.5, 0.6) is 5.75 Å². The van der Waals surface area contributed by atoms with E-state index in [0.717, 1.165) is 22.6 Å². The van der Waals surface area contributed by atoms with Gasteiger partial charge in [-0.2, -0.15) is 11.3 Å². The number of allylic oxidation sites excluding steroid dienone is 2. The van der Waals surface area contributed by atoms with Gasteiger partial charge in [-0.25, -0.2) is 0 Å². The molecule has 0 saturated heterocycles. The molecule has 3 atom stereocenters. The number of esters is 1. The fourth-order valence-corrected chi connectivity index (χ4v) is 5.41. The van der Waals surface area contributed by atoms with Crippen LogP contribution in [0, 0.1) is 5.92 Å². The van der Waals surface area contributed by atoms with E-state index in [0.29, 0.717) is 30.7 Å². The van der Waals surface area contributed by atoms with Gasteiger partial charge in [-0.3, -0.25) is 14.6 Å². The van der Waals surface area contributed by atoms with E-state index in [2.05, 4.69) is 0 Å². The van der Waals surface area contributed by atoms with Crippen molar-refractivity contribution in [2.45, 2.75) is 31.6 Å². The van der Waals surface area contributed by atoms with Crippen molar-refractivity contribution in [3.8, 4) is 5.75 Å². The lowest BCUT2D eigenvalue weighted by atomic mass is 9.69. The van der Waals surface area contributed by atoms with Crippen molar-refractivity contribution >= 4 is 28.8 Å². The molecule has 3 unspecified atom stereocenters. The quantitative estimate of drug-likeness (QED) is 0.455. The summed E-state index contributed by atoms with van der Waals surface area (Å²) in [6, 6.07) is 9.79. The molecule has 2 aromatic rings. The highest BCUT2D eigenvalue weighted by atomic mass is 32.1. The lowest BCUT2D eigenvalue weighted by Crippen LogP contribution is -2.38. The molecule has 1 aliphatic carbocycles. The van der Waals surface area contributed by atoms with Crippen molar-refractivity contribution < 1.29 is 23.8 Å². The molecule has 2 aliphatic rings. The zero-order valence-corrected chi connectivity index (χ0v) is 19.3. The molecule has 7 heteroatoms. The molecule has 4 rings (SSSR count).